The van der Waals surface area contributed by atoms with E-state index in [1.165, 1.54) is 34.4 Å². The summed E-state index contributed by atoms with van der Waals surface area (Å²) in [7, 11) is 1.40. The van der Waals surface area contributed by atoms with Crippen molar-refractivity contribution < 1.29 is 42.7 Å². The van der Waals surface area contributed by atoms with Gasteiger partial charge in [-0.3, -0.25) is 4.98 Å². The standard InChI is InChI=1S/C27H28F3N7O6S/c1-41-26-23(37-8-17(32-35-37)13-6-14(28)22(30)15(29)7-13)25(40)20(10-38)43-27(26)44-21-12-42-11-19(24(21)39)36-9-18(33-34-36)16-4-2-3-5-31-16/h2-9,19-21,23-27,38-40H,10-12H2,1H3. The Morgan fingerprint density at radius 1 is 0.977 bits per heavy atom. The number of pyridine rings is 1. The molecule has 8 atom stereocenters. The average Bonchev–Trinajstić information content (AvgIpc) is 3.72. The lowest BCUT2D eigenvalue weighted by Gasteiger charge is -2.45. The number of hydrogen-bond donors (Lipinski definition) is 3. The minimum atomic E-state index is -1.61. The average molecular weight is 636 g/mol. The van der Waals surface area contributed by atoms with E-state index in [-0.39, 0.29) is 24.5 Å². The van der Waals surface area contributed by atoms with Gasteiger partial charge in [-0.05, 0) is 24.3 Å². The number of aliphatic hydroxyl groups is 3. The van der Waals surface area contributed by atoms with E-state index in [0.29, 0.717) is 11.4 Å². The van der Waals surface area contributed by atoms with Crippen molar-refractivity contribution >= 4 is 11.8 Å². The van der Waals surface area contributed by atoms with Gasteiger partial charge in [-0.1, -0.05) is 16.5 Å². The largest absolute Gasteiger partial charge is 0.394 e. The fourth-order valence-corrected chi connectivity index (χ4v) is 6.82. The van der Waals surface area contributed by atoms with E-state index in [2.05, 4.69) is 25.6 Å². The zero-order valence-electron chi connectivity index (χ0n) is 23.1. The van der Waals surface area contributed by atoms with Crippen molar-refractivity contribution in [2.45, 2.75) is 47.2 Å². The van der Waals surface area contributed by atoms with E-state index in [4.69, 9.17) is 14.2 Å². The summed E-state index contributed by atoms with van der Waals surface area (Å²) in [4.78, 5) is 4.27. The Balaban J connectivity index is 1.23. The first-order valence-electron chi connectivity index (χ1n) is 13.6. The van der Waals surface area contributed by atoms with Crippen molar-refractivity contribution in [3.63, 3.8) is 0 Å². The van der Waals surface area contributed by atoms with Crippen LogP contribution in [0.4, 0.5) is 13.2 Å². The van der Waals surface area contributed by atoms with Crippen LogP contribution in [-0.4, -0.2) is 112 Å². The zero-order chi connectivity index (χ0) is 31.0. The van der Waals surface area contributed by atoms with Gasteiger partial charge in [0.2, 0.25) is 0 Å². The highest BCUT2D eigenvalue weighted by molar-refractivity contribution is 8.00. The molecule has 13 nitrogen and oxygen atoms in total. The van der Waals surface area contributed by atoms with Gasteiger partial charge in [0.15, 0.2) is 17.5 Å². The molecule has 5 heterocycles. The Bertz CT molecular complexity index is 1560. The van der Waals surface area contributed by atoms with Crippen molar-refractivity contribution in [1.82, 2.24) is 35.0 Å². The lowest BCUT2D eigenvalue weighted by Crippen LogP contribution is -2.56. The van der Waals surface area contributed by atoms with Crippen LogP contribution in [0, 0.1) is 17.5 Å². The van der Waals surface area contributed by atoms with E-state index < -0.39 is 71.2 Å². The van der Waals surface area contributed by atoms with Crippen LogP contribution in [0.25, 0.3) is 22.6 Å². The molecule has 3 N–H and O–H groups in total. The monoisotopic (exact) mass is 635 g/mol. The Hall–Kier alpha value is -3.45. The van der Waals surface area contributed by atoms with Crippen LogP contribution in [0.15, 0.2) is 48.9 Å². The zero-order valence-corrected chi connectivity index (χ0v) is 23.9. The fourth-order valence-electron chi connectivity index (χ4n) is 5.33. The predicted octanol–water partition coefficient (Wildman–Crippen LogP) is 1.38. The van der Waals surface area contributed by atoms with E-state index in [0.717, 1.165) is 12.1 Å². The Kier molecular flexibility index (Phi) is 8.95. The number of ether oxygens (including phenoxy) is 3. The molecule has 0 aliphatic carbocycles. The lowest BCUT2D eigenvalue weighted by atomic mass is 9.97. The van der Waals surface area contributed by atoms with E-state index in [1.807, 2.05) is 6.07 Å². The first kappa shape index (κ1) is 30.6. The second-order valence-electron chi connectivity index (χ2n) is 10.3. The number of halogens is 3. The molecule has 3 aromatic heterocycles. The molecule has 0 radical (unpaired) electrons. The van der Waals surface area contributed by atoms with Crippen LogP contribution in [-0.2, 0) is 14.2 Å². The molecule has 0 amide bonds. The Labute approximate surface area is 252 Å². The first-order chi connectivity index (χ1) is 21.3. The van der Waals surface area contributed by atoms with Gasteiger partial charge in [0.05, 0.1) is 49.3 Å². The lowest BCUT2D eigenvalue weighted by molar-refractivity contribution is -0.186. The van der Waals surface area contributed by atoms with Crippen molar-refractivity contribution in [2.24, 2.45) is 0 Å². The molecule has 234 valence electrons. The van der Waals surface area contributed by atoms with E-state index in [9.17, 15) is 28.5 Å². The number of benzene rings is 1. The first-order valence-corrected chi connectivity index (χ1v) is 14.5. The summed E-state index contributed by atoms with van der Waals surface area (Å²) in [5.74, 6) is -4.39. The fraction of sp³-hybridized carbons (Fsp3) is 0.444. The highest BCUT2D eigenvalue weighted by atomic mass is 32.2. The van der Waals surface area contributed by atoms with Crippen LogP contribution < -0.4 is 0 Å². The van der Waals surface area contributed by atoms with Crippen LogP contribution >= 0.6 is 11.8 Å². The maximum atomic E-state index is 13.9. The summed E-state index contributed by atoms with van der Waals surface area (Å²) >= 11 is 1.19. The molecule has 1 aromatic carbocycles. The number of aliphatic hydroxyl groups excluding tert-OH is 3. The van der Waals surface area contributed by atoms with Crippen molar-refractivity contribution in [3.8, 4) is 22.6 Å². The predicted molar refractivity (Wildman–Crippen MR) is 147 cm³/mol. The molecule has 6 rings (SSSR count). The number of nitrogens with zero attached hydrogens (tertiary/aromatic N) is 7. The van der Waals surface area contributed by atoms with Gasteiger partial charge >= 0.3 is 0 Å². The summed E-state index contributed by atoms with van der Waals surface area (Å²) in [5.41, 5.74) is 0.253. The van der Waals surface area contributed by atoms with Gasteiger partial charge in [-0.25, -0.2) is 22.5 Å². The molecule has 2 aliphatic rings. The summed E-state index contributed by atoms with van der Waals surface area (Å²) in [5, 5.41) is 48.3. The summed E-state index contributed by atoms with van der Waals surface area (Å²) < 4.78 is 61.6. The van der Waals surface area contributed by atoms with Crippen molar-refractivity contribution in [3.05, 3.63) is 66.4 Å². The molecule has 17 heteroatoms. The second-order valence-corrected chi connectivity index (χ2v) is 11.7. The molecule has 4 aromatic rings. The molecule has 8 unspecified atom stereocenters. The smallest absolute Gasteiger partial charge is 0.194 e. The molecular weight excluding hydrogens is 607 g/mol. The summed E-state index contributed by atoms with van der Waals surface area (Å²) in [6, 6.07) is 5.42. The molecular formula is C27H28F3N7O6S. The molecule has 2 saturated heterocycles. The third kappa shape index (κ3) is 5.83. The molecule has 0 bridgehead atoms. The van der Waals surface area contributed by atoms with Crippen LogP contribution in [0.5, 0.6) is 0 Å². The van der Waals surface area contributed by atoms with E-state index in [1.54, 1.807) is 24.5 Å². The second kappa shape index (κ2) is 12.9. The van der Waals surface area contributed by atoms with Crippen molar-refractivity contribution in [2.75, 3.05) is 26.9 Å². The summed E-state index contributed by atoms with van der Waals surface area (Å²) in [6.45, 7) is -0.218. The third-order valence-corrected chi connectivity index (χ3v) is 9.04. The van der Waals surface area contributed by atoms with Gasteiger partial charge in [0, 0.05) is 18.9 Å². The van der Waals surface area contributed by atoms with Crippen LogP contribution in [0.3, 0.4) is 0 Å². The number of rotatable bonds is 8. The maximum Gasteiger partial charge on any atom is 0.194 e. The van der Waals surface area contributed by atoms with Gasteiger partial charge < -0.3 is 29.5 Å². The van der Waals surface area contributed by atoms with Gasteiger partial charge in [0.25, 0.3) is 0 Å². The highest BCUT2D eigenvalue weighted by Gasteiger charge is 2.49. The van der Waals surface area contributed by atoms with Gasteiger partial charge in [0.1, 0.15) is 47.2 Å². The topological polar surface area (TPSA) is 163 Å². The highest BCUT2D eigenvalue weighted by Crippen LogP contribution is 2.41. The maximum absolute atomic E-state index is 13.9. The number of methoxy groups -OCH3 is 1. The molecule has 2 aliphatic heterocycles. The third-order valence-electron chi connectivity index (χ3n) is 7.62. The normalized spacial score (nSPS) is 29.2. The molecule has 0 spiro atoms. The van der Waals surface area contributed by atoms with E-state index >= 15 is 0 Å². The number of thioether (sulfide) groups is 1. The molecule has 2 fully saturated rings. The Morgan fingerprint density at radius 2 is 1.70 bits per heavy atom. The quantitative estimate of drug-likeness (QED) is 0.239. The van der Waals surface area contributed by atoms with Crippen LogP contribution in [0.2, 0.25) is 0 Å². The Morgan fingerprint density at radius 3 is 2.41 bits per heavy atom. The number of hydrogen-bond acceptors (Lipinski definition) is 12. The molecule has 0 saturated carbocycles. The SMILES string of the molecule is COC1C(SC2COCC(n3cc(-c4ccccn4)nn3)C2O)OC(CO)C(O)C1n1cc(-c2cc(F)c(F)c(F)c2)nn1. The minimum absolute atomic E-state index is 0.0120. The minimum Gasteiger partial charge on any atom is -0.394 e. The van der Waals surface area contributed by atoms with Crippen molar-refractivity contribution in [1.29, 1.82) is 0 Å². The summed E-state index contributed by atoms with van der Waals surface area (Å²) in [6.07, 6.45) is 0.367. The van der Waals surface area contributed by atoms with Gasteiger partial charge in [-0.15, -0.1) is 22.0 Å². The van der Waals surface area contributed by atoms with Crippen LogP contribution in [0.1, 0.15) is 12.1 Å². The molecule has 44 heavy (non-hydrogen) atoms. The van der Waals surface area contributed by atoms with Gasteiger partial charge in [-0.2, -0.15) is 0 Å². The number of aromatic nitrogens is 7.